The van der Waals surface area contributed by atoms with E-state index >= 15 is 0 Å². The van der Waals surface area contributed by atoms with E-state index in [0.717, 1.165) is 12.1 Å². The van der Waals surface area contributed by atoms with Gasteiger partial charge in [-0.2, -0.15) is 13.2 Å². The summed E-state index contributed by atoms with van der Waals surface area (Å²) in [7, 11) is 1.52. The highest BCUT2D eigenvalue weighted by molar-refractivity contribution is 5.96. The second-order valence-electron chi connectivity index (χ2n) is 5.73. The number of nitrogens with one attached hydrogen (secondary N) is 2. The third-order valence-electron chi connectivity index (χ3n) is 3.72. The first-order valence-electron chi connectivity index (χ1n) is 8.30. The number of carbonyl (C=O) groups excluding carboxylic acids is 1. The summed E-state index contributed by atoms with van der Waals surface area (Å²) in [5.74, 6) is 0.729. The standard InChI is InChI=1S/C19H21F3N2O3/c1-4-27-16-10-9-15(11-17(16)26-3)23-12(2)18(25)24-14-7-5-13(6-8-14)19(20,21)22/h5-12,23H,4H2,1-3H3,(H,24,25)/t12-/m0/s1. The number of alkyl halides is 3. The van der Waals surface area contributed by atoms with Crippen molar-refractivity contribution in [3.05, 3.63) is 48.0 Å². The fourth-order valence-electron chi connectivity index (χ4n) is 2.34. The van der Waals surface area contributed by atoms with Crippen LogP contribution in [-0.2, 0) is 11.0 Å². The quantitative estimate of drug-likeness (QED) is 0.738. The monoisotopic (exact) mass is 382 g/mol. The molecule has 146 valence electrons. The average Bonchev–Trinajstić information content (AvgIpc) is 2.62. The second-order valence-corrected chi connectivity index (χ2v) is 5.73. The maximum Gasteiger partial charge on any atom is 0.416 e. The molecule has 0 heterocycles. The van der Waals surface area contributed by atoms with Crippen molar-refractivity contribution in [2.45, 2.75) is 26.1 Å². The lowest BCUT2D eigenvalue weighted by Crippen LogP contribution is -2.31. The molecular formula is C19H21F3N2O3. The van der Waals surface area contributed by atoms with Gasteiger partial charge >= 0.3 is 6.18 Å². The minimum atomic E-state index is -4.41. The lowest BCUT2D eigenvalue weighted by Gasteiger charge is -2.17. The molecule has 0 fully saturated rings. The Labute approximate surface area is 155 Å². The van der Waals surface area contributed by atoms with E-state index in [1.807, 2.05) is 6.92 Å². The Kier molecular flexibility index (Phi) is 6.55. The van der Waals surface area contributed by atoms with Gasteiger partial charge in [-0.25, -0.2) is 0 Å². The van der Waals surface area contributed by atoms with Crippen LogP contribution < -0.4 is 20.1 Å². The largest absolute Gasteiger partial charge is 0.493 e. The zero-order valence-corrected chi connectivity index (χ0v) is 15.2. The molecule has 0 aliphatic carbocycles. The third kappa shape index (κ3) is 5.54. The molecule has 0 aliphatic rings. The van der Waals surface area contributed by atoms with E-state index in [4.69, 9.17) is 9.47 Å². The van der Waals surface area contributed by atoms with Gasteiger partial charge in [-0.15, -0.1) is 0 Å². The van der Waals surface area contributed by atoms with E-state index < -0.39 is 17.8 Å². The van der Waals surface area contributed by atoms with E-state index in [-0.39, 0.29) is 11.6 Å². The molecule has 2 rings (SSSR count). The lowest BCUT2D eigenvalue weighted by atomic mass is 10.2. The molecule has 0 saturated heterocycles. The Morgan fingerprint density at radius 1 is 1.07 bits per heavy atom. The molecule has 5 nitrogen and oxygen atoms in total. The predicted molar refractivity (Wildman–Crippen MR) is 97.3 cm³/mol. The summed E-state index contributed by atoms with van der Waals surface area (Å²) in [4.78, 5) is 12.3. The molecule has 0 radical (unpaired) electrons. The van der Waals surface area contributed by atoms with Crippen molar-refractivity contribution in [2.75, 3.05) is 24.4 Å². The van der Waals surface area contributed by atoms with E-state index in [9.17, 15) is 18.0 Å². The molecule has 2 aromatic rings. The van der Waals surface area contributed by atoms with Gasteiger partial charge in [-0.3, -0.25) is 4.79 Å². The highest BCUT2D eigenvalue weighted by Gasteiger charge is 2.30. The number of benzene rings is 2. The third-order valence-corrected chi connectivity index (χ3v) is 3.72. The van der Waals surface area contributed by atoms with Gasteiger partial charge in [0.2, 0.25) is 5.91 Å². The Morgan fingerprint density at radius 2 is 1.70 bits per heavy atom. The SMILES string of the molecule is CCOc1ccc(N[C@@H](C)C(=O)Nc2ccc(C(F)(F)F)cc2)cc1OC. The normalized spacial score (nSPS) is 12.2. The van der Waals surface area contributed by atoms with Crippen LogP contribution in [0, 0.1) is 0 Å². The summed E-state index contributed by atoms with van der Waals surface area (Å²) in [6, 6.07) is 8.82. The number of rotatable bonds is 7. The van der Waals surface area contributed by atoms with Crippen LogP contribution in [0.25, 0.3) is 0 Å². The minimum absolute atomic E-state index is 0.283. The Bertz CT molecular complexity index is 777. The fraction of sp³-hybridized carbons (Fsp3) is 0.316. The number of halogens is 3. The molecule has 27 heavy (non-hydrogen) atoms. The first kappa shape index (κ1) is 20.4. The summed E-state index contributed by atoms with van der Waals surface area (Å²) in [5.41, 5.74) is 0.157. The van der Waals surface area contributed by atoms with Crippen molar-refractivity contribution in [1.29, 1.82) is 0 Å². The fourth-order valence-corrected chi connectivity index (χ4v) is 2.34. The molecule has 2 N–H and O–H groups in total. The van der Waals surface area contributed by atoms with Crippen LogP contribution in [0.5, 0.6) is 11.5 Å². The van der Waals surface area contributed by atoms with Crippen LogP contribution >= 0.6 is 0 Å². The van der Waals surface area contributed by atoms with Gasteiger partial charge in [-0.05, 0) is 50.2 Å². The lowest BCUT2D eigenvalue weighted by molar-refractivity contribution is -0.137. The molecule has 0 aromatic heterocycles. The first-order chi connectivity index (χ1) is 12.7. The van der Waals surface area contributed by atoms with Gasteiger partial charge in [0, 0.05) is 17.4 Å². The van der Waals surface area contributed by atoms with E-state index in [1.54, 1.807) is 25.1 Å². The molecule has 0 spiro atoms. The Hall–Kier alpha value is -2.90. The number of hydrogen-bond acceptors (Lipinski definition) is 4. The van der Waals surface area contributed by atoms with E-state index in [0.29, 0.717) is 23.8 Å². The van der Waals surface area contributed by atoms with Gasteiger partial charge in [0.15, 0.2) is 11.5 Å². The number of hydrogen-bond donors (Lipinski definition) is 2. The van der Waals surface area contributed by atoms with E-state index in [2.05, 4.69) is 10.6 Å². The molecule has 1 atom stereocenters. The van der Waals surface area contributed by atoms with Gasteiger partial charge in [0.25, 0.3) is 0 Å². The van der Waals surface area contributed by atoms with Crippen LogP contribution in [0.2, 0.25) is 0 Å². The highest BCUT2D eigenvalue weighted by atomic mass is 19.4. The van der Waals surface area contributed by atoms with Crippen molar-refractivity contribution in [3.8, 4) is 11.5 Å². The molecule has 1 amide bonds. The Morgan fingerprint density at radius 3 is 2.26 bits per heavy atom. The summed E-state index contributed by atoms with van der Waals surface area (Å²) >= 11 is 0. The highest BCUT2D eigenvalue weighted by Crippen LogP contribution is 2.31. The summed E-state index contributed by atoms with van der Waals surface area (Å²) in [5, 5.41) is 5.59. The molecule has 0 saturated carbocycles. The number of carbonyl (C=O) groups is 1. The predicted octanol–water partition coefficient (Wildman–Crippen LogP) is 4.55. The summed E-state index contributed by atoms with van der Waals surface area (Å²) in [6.07, 6.45) is -4.41. The van der Waals surface area contributed by atoms with Crippen LogP contribution in [0.3, 0.4) is 0 Å². The summed E-state index contributed by atoms with van der Waals surface area (Å²) < 4.78 is 48.4. The molecule has 0 bridgehead atoms. The average molecular weight is 382 g/mol. The van der Waals surface area contributed by atoms with Crippen LogP contribution in [0.15, 0.2) is 42.5 Å². The number of ether oxygens (including phenoxy) is 2. The number of methoxy groups -OCH3 is 1. The summed E-state index contributed by atoms with van der Waals surface area (Å²) in [6.45, 7) is 4.00. The van der Waals surface area contributed by atoms with Gasteiger partial charge < -0.3 is 20.1 Å². The van der Waals surface area contributed by atoms with Crippen molar-refractivity contribution < 1.29 is 27.4 Å². The maximum absolute atomic E-state index is 12.6. The second kappa shape index (κ2) is 8.66. The molecule has 0 unspecified atom stereocenters. The van der Waals surface area contributed by atoms with Crippen molar-refractivity contribution in [3.63, 3.8) is 0 Å². The topological polar surface area (TPSA) is 59.6 Å². The molecule has 0 aliphatic heterocycles. The smallest absolute Gasteiger partial charge is 0.416 e. The number of anilines is 2. The minimum Gasteiger partial charge on any atom is -0.493 e. The van der Waals surface area contributed by atoms with Crippen LogP contribution in [-0.4, -0.2) is 25.7 Å². The zero-order chi connectivity index (χ0) is 20.0. The molecule has 2 aromatic carbocycles. The molecule has 8 heteroatoms. The van der Waals surface area contributed by atoms with E-state index in [1.165, 1.54) is 19.2 Å². The van der Waals surface area contributed by atoms with Crippen LogP contribution in [0.4, 0.5) is 24.5 Å². The van der Waals surface area contributed by atoms with Crippen molar-refractivity contribution in [2.24, 2.45) is 0 Å². The van der Waals surface area contributed by atoms with Gasteiger partial charge in [0.1, 0.15) is 6.04 Å². The molecular weight excluding hydrogens is 361 g/mol. The van der Waals surface area contributed by atoms with Gasteiger partial charge in [0.05, 0.1) is 19.3 Å². The number of amides is 1. The Balaban J connectivity index is 2.01. The first-order valence-corrected chi connectivity index (χ1v) is 8.30. The maximum atomic E-state index is 12.6. The zero-order valence-electron chi connectivity index (χ0n) is 15.2. The van der Waals surface area contributed by atoms with Crippen molar-refractivity contribution in [1.82, 2.24) is 0 Å². The van der Waals surface area contributed by atoms with Crippen molar-refractivity contribution >= 4 is 17.3 Å². The van der Waals surface area contributed by atoms with Crippen LogP contribution in [0.1, 0.15) is 19.4 Å². The van der Waals surface area contributed by atoms with Gasteiger partial charge in [-0.1, -0.05) is 0 Å².